The summed E-state index contributed by atoms with van der Waals surface area (Å²) in [6.45, 7) is 5.06. The lowest BCUT2D eigenvalue weighted by Gasteiger charge is -2.08. The lowest BCUT2D eigenvalue weighted by atomic mass is 9.97. The fraction of sp³-hybridized carbons (Fsp3) is 0.294. The largest absolute Gasteiger partial charge is 0.330 e. The standard InChI is InChI=1S/C17H21N/c1-13-5-6-14(2)17(12-13)16-9-7-15(8-10-16)4-3-11-18/h5-10,12H,3-4,11,18H2,1-2H3. The first-order valence-corrected chi connectivity index (χ1v) is 6.57. The summed E-state index contributed by atoms with van der Waals surface area (Å²) in [6, 6.07) is 15.5. The van der Waals surface area contributed by atoms with Gasteiger partial charge in [-0.3, -0.25) is 0 Å². The fourth-order valence-electron chi connectivity index (χ4n) is 2.20. The number of rotatable bonds is 4. The molecule has 0 unspecified atom stereocenters. The zero-order chi connectivity index (χ0) is 13.0. The molecule has 94 valence electrons. The Hall–Kier alpha value is -1.60. The van der Waals surface area contributed by atoms with Gasteiger partial charge < -0.3 is 5.73 Å². The third-order valence-corrected chi connectivity index (χ3v) is 3.33. The molecule has 0 heterocycles. The summed E-state index contributed by atoms with van der Waals surface area (Å²) in [5.41, 5.74) is 12.2. The second kappa shape index (κ2) is 5.83. The summed E-state index contributed by atoms with van der Waals surface area (Å²) in [6.07, 6.45) is 2.13. The van der Waals surface area contributed by atoms with Crippen molar-refractivity contribution in [3.8, 4) is 11.1 Å². The van der Waals surface area contributed by atoms with Crippen LogP contribution in [0.2, 0.25) is 0 Å². The minimum Gasteiger partial charge on any atom is -0.330 e. The highest BCUT2D eigenvalue weighted by molar-refractivity contribution is 5.68. The van der Waals surface area contributed by atoms with Gasteiger partial charge in [-0.05, 0) is 55.5 Å². The zero-order valence-electron chi connectivity index (χ0n) is 11.2. The average molecular weight is 239 g/mol. The summed E-state index contributed by atoms with van der Waals surface area (Å²) in [5, 5.41) is 0. The third-order valence-electron chi connectivity index (χ3n) is 3.33. The van der Waals surface area contributed by atoms with Gasteiger partial charge in [-0.15, -0.1) is 0 Å². The van der Waals surface area contributed by atoms with Crippen LogP contribution in [-0.2, 0) is 6.42 Å². The van der Waals surface area contributed by atoms with Crippen LogP contribution in [-0.4, -0.2) is 6.54 Å². The predicted molar refractivity (Wildman–Crippen MR) is 78.7 cm³/mol. The number of hydrogen-bond acceptors (Lipinski definition) is 1. The molecule has 1 heteroatoms. The van der Waals surface area contributed by atoms with Crippen LogP contribution in [0.15, 0.2) is 42.5 Å². The summed E-state index contributed by atoms with van der Waals surface area (Å²) in [4.78, 5) is 0. The maximum atomic E-state index is 5.53. The Balaban J connectivity index is 2.25. The third kappa shape index (κ3) is 2.99. The molecular formula is C17H21N. The van der Waals surface area contributed by atoms with Gasteiger partial charge in [0.1, 0.15) is 0 Å². The summed E-state index contributed by atoms with van der Waals surface area (Å²) >= 11 is 0. The summed E-state index contributed by atoms with van der Waals surface area (Å²) < 4.78 is 0. The van der Waals surface area contributed by atoms with E-state index in [-0.39, 0.29) is 0 Å². The molecule has 2 rings (SSSR count). The molecule has 0 saturated heterocycles. The Labute approximate surface area is 110 Å². The van der Waals surface area contributed by atoms with Gasteiger partial charge in [-0.25, -0.2) is 0 Å². The fourth-order valence-corrected chi connectivity index (χ4v) is 2.20. The molecular weight excluding hydrogens is 218 g/mol. The molecule has 2 aromatic rings. The van der Waals surface area contributed by atoms with Crippen molar-refractivity contribution < 1.29 is 0 Å². The van der Waals surface area contributed by atoms with Gasteiger partial charge in [-0.2, -0.15) is 0 Å². The molecule has 0 spiro atoms. The molecule has 0 saturated carbocycles. The van der Waals surface area contributed by atoms with E-state index in [4.69, 9.17) is 5.73 Å². The highest BCUT2D eigenvalue weighted by atomic mass is 14.5. The molecule has 0 aliphatic rings. The molecule has 0 bridgehead atoms. The first-order valence-electron chi connectivity index (χ1n) is 6.57. The number of hydrogen-bond donors (Lipinski definition) is 1. The van der Waals surface area contributed by atoms with E-state index in [9.17, 15) is 0 Å². The van der Waals surface area contributed by atoms with Crippen molar-refractivity contribution in [2.24, 2.45) is 5.73 Å². The van der Waals surface area contributed by atoms with Gasteiger partial charge in [0.05, 0.1) is 0 Å². The second-order valence-electron chi connectivity index (χ2n) is 4.91. The van der Waals surface area contributed by atoms with Gasteiger partial charge in [0.15, 0.2) is 0 Å². The van der Waals surface area contributed by atoms with Crippen LogP contribution in [0.3, 0.4) is 0 Å². The Bertz CT molecular complexity index is 512. The predicted octanol–water partition coefficient (Wildman–Crippen LogP) is 3.86. The van der Waals surface area contributed by atoms with Crippen LogP contribution in [0, 0.1) is 13.8 Å². The van der Waals surface area contributed by atoms with Crippen molar-refractivity contribution in [3.63, 3.8) is 0 Å². The van der Waals surface area contributed by atoms with Crippen LogP contribution < -0.4 is 5.73 Å². The smallest absolute Gasteiger partial charge is 0.00741 e. The normalized spacial score (nSPS) is 10.6. The lowest BCUT2D eigenvalue weighted by Crippen LogP contribution is -2.00. The summed E-state index contributed by atoms with van der Waals surface area (Å²) in [7, 11) is 0. The Kier molecular flexibility index (Phi) is 4.16. The minimum atomic E-state index is 0.763. The van der Waals surface area contributed by atoms with E-state index in [1.165, 1.54) is 27.8 Å². The first kappa shape index (κ1) is 12.8. The van der Waals surface area contributed by atoms with E-state index in [0.717, 1.165) is 19.4 Å². The van der Waals surface area contributed by atoms with E-state index in [1.807, 2.05) is 0 Å². The Morgan fingerprint density at radius 2 is 1.67 bits per heavy atom. The average Bonchev–Trinajstić information content (AvgIpc) is 2.40. The van der Waals surface area contributed by atoms with Gasteiger partial charge >= 0.3 is 0 Å². The topological polar surface area (TPSA) is 26.0 Å². The number of aryl methyl sites for hydroxylation is 3. The van der Waals surface area contributed by atoms with Gasteiger partial charge in [0, 0.05) is 0 Å². The SMILES string of the molecule is Cc1ccc(C)c(-c2ccc(CCCN)cc2)c1. The Morgan fingerprint density at radius 3 is 2.33 bits per heavy atom. The number of benzene rings is 2. The van der Waals surface area contributed by atoms with Gasteiger partial charge in [0.2, 0.25) is 0 Å². The molecule has 2 aromatic carbocycles. The van der Waals surface area contributed by atoms with Crippen LogP contribution in [0.5, 0.6) is 0 Å². The molecule has 0 amide bonds. The van der Waals surface area contributed by atoms with E-state index < -0.39 is 0 Å². The van der Waals surface area contributed by atoms with Crippen LogP contribution in [0.4, 0.5) is 0 Å². The van der Waals surface area contributed by atoms with Crippen molar-refractivity contribution >= 4 is 0 Å². The molecule has 0 atom stereocenters. The van der Waals surface area contributed by atoms with Crippen LogP contribution >= 0.6 is 0 Å². The van der Waals surface area contributed by atoms with Crippen molar-refractivity contribution in [1.29, 1.82) is 0 Å². The molecule has 0 aliphatic carbocycles. The second-order valence-corrected chi connectivity index (χ2v) is 4.91. The molecule has 0 radical (unpaired) electrons. The molecule has 2 N–H and O–H groups in total. The van der Waals surface area contributed by atoms with E-state index in [1.54, 1.807) is 0 Å². The number of nitrogens with two attached hydrogens (primary N) is 1. The Morgan fingerprint density at radius 1 is 0.944 bits per heavy atom. The quantitative estimate of drug-likeness (QED) is 0.861. The minimum absolute atomic E-state index is 0.763. The zero-order valence-corrected chi connectivity index (χ0v) is 11.2. The van der Waals surface area contributed by atoms with Crippen LogP contribution in [0.25, 0.3) is 11.1 Å². The summed E-state index contributed by atoms with van der Waals surface area (Å²) in [5.74, 6) is 0. The van der Waals surface area contributed by atoms with Gasteiger partial charge in [0.25, 0.3) is 0 Å². The van der Waals surface area contributed by atoms with E-state index in [2.05, 4.69) is 56.3 Å². The van der Waals surface area contributed by atoms with Crippen molar-refractivity contribution in [1.82, 2.24) is 0 Å². The monoisotopic (exact) mass is 239 g/mol. The maximum Gasteiger partial charge on any atom is -0.00741 e. The van der Waals surface area contributed by atoms with Crippen molar-refractivity contribution in [3.05, 3.63) is 59.2 Å². The highest BCUT2D eigenvalue weighted by Crippen LogP contribution is 2.25. The van der Waals surface area contributed by atoms with E-state index >= 15 is 0 Å². The van der Waals surface area contributed by atoms with Crippen LogP contribution in [0.1, 0.15) is 23.1 Å². The molecule has 0 aliphatic heterocycles. The lowest BCUT2D eigenvalue weighted by molar-refractivity contribution is 0.833. The molecule has 1 nitrogen and oxygen atoms in total. The van der Waals surface area contributed by atoms with E-state index in [0.29, 0.717) is 0 Å². The molecule has 0 aromatic heterocycles. The van der Waals surface area contributed by atoms with Crippen molar-refractivity contribution in [2.45, 2.75) is 26.7 Å². The van der Waals surface area contributed by atoms with Gasteiger partial charge in [-0.1, -0.05) is 48.0 Å². The highest BCUT2D eigenvalue weighted by Gasteiger charge is 2.02. The van der Waals surface area contributed by atoms with Crippen molar-refractivity contribution in [2.75, 3.05) is 6.54 Å². The molecule has 0 fully saturated rings. The maximum absolute atomic E-state index is 5.53. The molecule has 18 heavy (non-hydrogen) atoms. The first-order chi connectivity index (χ1) is 8.70.